The van der Waals surface area contributed by atoms with Crippen LogP contribution in [0.1, 0.15) is 23.1 Å². The molecule has 1 N–H and O–H groups in total. The van der Waals surface area contributed by atoms with Crippen molar-refractivity contribution >= 4 is 10.9 Å². The Labute approximate surface area is 166 Å². The molecule has 1 fully saturated rings. The third-order valence-corrected chi connectivity index (χ3v) is 5.41. The molecule has 1 aliphatic rings. The van der Waals surface area contributed by atoms with E-state index in [1.54, 1.807) is 0 Å². The Bertz CT molecular complexity index is 968. The number of morpholine rings is 1. The summed E-state index contributed by atoms with van der Waals surface area (Å²) in [5.74, 6) is 0. The molecule has 2 heterocycles. The molecule has 1 aliphatic heterocycles. The van der Waals surface area contributed by atoms with Crippen molar-refractivity contribution in [3.63, 3.8) is 0 Å². The van der Waals surface area contributed by atoms with Gasteiger partial charge in [0.2, 0.25) is 0 Å². The van der Waals surface area contributed by atoms with Gasteiger partial charge in [0.25, 0.3) is 0 Å². The van der Waals surface area contributed by atoms with E-state index in [0.717, 1.165) is 30.8 Å². The minimum atomic E-state index is 0.109. The largest absolute Gasteiger partial charge is 0.396 e. The third-order valence-electron chi connectivity index (χ3n) is 5.41. The highest BCUT2D eigenvalue weighted by atomic mass is 16.5. The van der Waals surface area contributed by atoms with Crippen LogP contribution in [0.15, 0.2) is 48.5 Å². The molecule has 2 aromatic carbocycles. The van der Waals surface area contributed by atoms with Gasteiger partial charge >= 0.3 is 0 Å². The topological polar surface area (TPSA) is 45.6 Å². The summed E-state index contributed by atoms with van der Waals surface area (Å²) in [6.45, 7) is 7.70. The maximum absolute atomic E-state index is 9.25. The third kappa shape index (κ3) is 4.25. The predicted molar refractivity (Wildman–Crippen MR) is 113 cm³/mol. The van der Waals surface area contributed by atoms with E-state index in [9.17, 15) is 5.11 Å². The zero-order chi connectivity index (χ0) is 19.5. The Hall–Kier alpha value is -2.27. The van der Waals surface area contributed by atoms with Crippen molar-refractivity contribution < 1.29 is 9.84 Å². The van der Waals surface area contributed by atoms with Crippen molar-refractivity contribution in [3.8, 4) is 11.3 Å². The Morgan fingerprint density at radius 1 is 1.11 bits per heavy atom. The predicted octanol–water partition coefficient (Wildman–Crippen LogP) is 4.10. The first kappa shape index (κ1) is 19.1. The Balaban J connectivity index is 1.73. The van der Waals surface area contributed by atoms with Gasteiger partial charge in [0.1, 0.15) is 0 Å². The second-order valence-corrected chi connectivity index (χ2v) is 7.80. The van der Waals surface area contributed by atoms with E-state index in [-0.39, 0.29) is 12.7 Å². The Morgan fingerprint density at radius 2 is 1.96 bits per heavy atom. The van der Waals surface area contributed by atoms with Crippen LogP contribution < -0.4 is 0 Å². The van der Waals surface area contributed by atoms with Gasteiger partial charge in [-0.1, -0.05) is 35.9 Å². The van der Waals surface area contributed by atoms with Gasteiger partial charge in [-0.05, 0) is 49.6 Å². The average Bonchev–Trinajstić information content (AvgIpc) is 2.68. The van der Waals surface area contributed by atoms with Crippen LogP contribution in [0.25, 0.3) is 22.2 Å². The fourth-order valence-electron chi connectivity index (χ4n) is 3.97. The lowest BCUT2D eigenvalue weighted by Crippen LogP contribution is -2.42. The zero-order valence-corrected chi connectivity index (χ0v) is 16.7. The Morgan fingerprint density at radius 3 is 2.79 bits per heavy atom. The number of nitrogens with zero attached hydrogens (tertiary/aromatic N) is 2. The van der Waals surface area contributed by atoms with Crippen LogP contribution in [0.2, 0.25) is 0 Å². The van der Waals surface area contributed by atoms with Crippen LogP contribution in [0, 0.1) is 13.8 Å². The number of aliphatic hydroxyl groups excluding tert-OH is 1. The summed E-state index contributed by atoms with van der Waals surface area (Å²) in [5.41, 5.74) is 6.98. The summed E-state index contributed by atoms with van der Waals surface area (Å²) < 4.78 is 5.78. The molecule has 0 bridgehead atoms. The van der Waals surface area contributed by atoms with Crippen LogP contribution in [-0.4, -0.2) is 47.4 Å². The average molecular weight is 377 g/mol. The van der Waals surface area contributed by atoms with Gasteiger partial charge < -0.3 is 9.84 Å². The molecule has 1 aromatic heterocycles. The zero-order valence-electron chi connectivity index (χ0n) is 16.7. The minimum Gasteiger partial charge on any atom is -0.396 e. The summed E-state index contributed by atoms with van der Waals surface area (Å²) in [5, 5.41) is 10.4. The second kappa shape index (κ2) is 8.39. The van der Waals surface area contributed by atoms with Crippen LogP contribution in [0.5, 0.6) is 0 Å². The number of rotatable bonds is 5. The molecule has 1 saturated heterocycles. The summed E-state index contributed by atoms with van der Waals surface area (Å²) in [6, 6.07) is 17.3. The van der Waals surface area contributed by atoms with Gasteiger partial charge in [-0.3, -0.25) is 4.90 Å². The second-order valence-electron chi connectivity index (χ2n) is 7.80. The van der Waals surface area contributed by atoms with E-state index in [2.05, 4.69) is 67.3 Å². The van der Waals surface area contributed by atoms with E-state index in [4.69, 9.17) is 9.72 Å². The Kier molecular flexibility index (Phi) is 5.72. The fourth-order valence-corrected chi connectivity index (χ4v) is 3.97. The monoisotopic (exact) mass is 376 g/mol. The van der Waals surface area contributed by atoms with E-state index in [1.165, 1.54) is 27.6 Å². The smallest absolute Gasteiger partial charge is 0.0754 e. The number of fused-ring (bicyclic) bond motifs is 1. The maximum atomic E-state index is 9.25. The van der Waals surface area contributed by atoms with Crippen molar-refractivity contribution in [2.75, 3.05) is 26.3 Å². The molecule has 146 valence electrons. The maximum Gasteiger partial charge on any atom is 0.0754 e. The van der Waals surface area contributed by atoms with Crippen molar-refractivity contribution in [2.24, 2.45) is 0 Å². The molecule has 3 aromatic rings. The van der Waals surface area contributed by atoms with Crippen molar-refractivity contribution in [1.82, 2.24) is 9.88 Å². The van der Waals surface area contributed by atoms with E-state index < -0.39 is 0 Å². The van der Waals surface area contributed by atoms with Crippen LogP contribution >= 0.6 is 0 Å². The quantitative estimate of drug-likeness (QED) is 0.728. The highest BCUT2D eigenvalue weighted by molar-refractivity contribution is 5.84. The van der Waals surface area contributed by atoms with Crippen LogP contribution in [0.3, 0.4) is 0 Å². The standard InChI is InChI=1S/C24H28N2O2/c1-17-4-3-5-20(12-17)24-21(14-19-7-6-18(2)13-23(19)25-24)15-26-9-11-28-22(16-26)8-10-27/h3-7,12-14,22,27H,8-11,15-16H2,1-2H3/t22-/m1/s1. The summed E-state index contributed by atoms with van der Waals surface area (Å²) in [4.78, 5) is 7.49. The fraction of sp³-hybridized carbons (Fsp3) is 0.375. The first-order valence-corrected chi connectivity index (χ1v) is 10.0. The molecule has 0 saturated carbocycles. The number of hydrogen-bond acceptors (Lipinski definition) is 4. The van der Waals surface area contributed by atoms with Gasteiger partial charge in [-0.15, -0.1) is 0 Å². The summed E-state index contributed by atoms with van der Waals surface area (Å²) in [7, 11) is 0. The van der Waals surface area contributed by atoms with Gasteiger partial charge in [0.15, 0.2) is 0 Å². The molecule has 4 rings (SSSR count). The number of ether oxygens (including phenoxy) is 1. The molecular formula is C24H28N2O2. The van der Waals surface area contributed by atoms with Gasteiger partial charge in [0.05, 0.1) is 23.9 Å². The molecule has 0 amide bonds. The lowest BCUT2D eigenvalue weighted by molar-refractivity contribution is -0.0406. The lowest BCUT2D eigenvalue weighted by atomic mass is 10.0. The highest BCUT2D eigenvalue weighted by Gasteiger charge is 2.21. The van der Waals surface area contributed by atoms with Gasteiger partial charge in [0, 0.05) is 37.2 Å². The molecular weight excluding hydrogens is 348 g/mol. The molecule has 0 aliphatic carbocycles. The van der Waals surface area contributed by atoms with E-state index in [1.807, 2.05) is 0 Å². The van der Waals surface area contributed by atoms with Gasteiger partial charge in [-0.2, -0.15) is 0 Å². The van der Waals surface area contributed by atoms with Crippen molar-refractivity contribution in [2.45, 2.75) is 32.9 Å². The minimum absolute atomic E-state index is 0.109. The molecule has 0 radical (unpaired) electrons. The molecule has 4 heteroatoms. The summed E-state index contributed by atoms with van der Waals surface area (Å²) >= 11 is 0. The summed E-state index contributed by atoms with van der Waals surface area (Å²) in [6.07, 6.45) is 0.800. The number of aliphatic hydroxyl groups is 1. The normalized spacial score (nSPS) is 17.9. The number of aryl methyl sites for hydroxylation is 2. The first-order valence-electron chi connectivity index (χ1n) is 10.0. The number of aromatic nitrogens is 1. The molecule has 1 atom stereocenters. The van der Waals surface area contributed by atoms with Gasteiger partial charge in [-0.25, -0.2) is 4.98 Å². The molecule has 0 unspecified atom stereocenters. The number of pyridine rings is 1. The highest BCUT2D eigenvalue weighted by Crippen LogP contribution is 2.28. The molecule has 0 spiro atoms. The van der Waals surface area contributed by atoms with Crippen LogP contribution in [-0.2, 0) is 11.3 Å². The number of hydrogen-bond donors (Lipinski definition) is 1. The number of benzene rings is 2. The molecule has 28 heavy (non-hydrogen) atoms. The van der Waals surface area contributed by atoms with Crippen LogP contribution in [0.4, 0.5) is 0 Å². The lowest BCUT2D eigenvalue weighted by Gasteiger charge is -2.33. The van der Waals surface area contributed by atoms with Crippen molar-refractivity contribution in [1.29, 1.82) is 0 Å². The van der Waals surface area contributed by atoms with Crippen molar-refractivity contribution in [3.05, 3.63) is 65.2 Å². The van der Waals surface area contributed by atoms with E-state index >= 15 is 0 Å². The molecule has 4 nitrogen and oxygen atoms in total. The first-order chi connectivity index (χ1) is 13.6. The van der Waals surface area contributed by atoms with E-state index in [0.29, 0.717) is 13.0 Å². The SMILES string of the molecule is Cc1cccc(-c2nc3cc(C)ccc3cc2CN2CCO[C@H](CCO)C2)c1.